The zero-order chi connectivity index (χ0) is 17.7. The van der Waals surface area contributed by atoms with E-state index in [0.29, 0.717) is 10.6 Å². The fraction of sp³-hybridized carbons (Fsp3) is 0.235. The van der Waals surface area contributed by atoms with Gasteiger partial charge in [0.25, 0.3) is 10.0 Å². The highest BCUT2D eigenvalue weighted by Crippen LogP contribution is 2.28. The Kier molecular flexibility index (Phi) is 5.90. The van der Waals surface area contributed by atoms with E-state index in [2.05, 4.69) is 11.6 Å². The fourth-order valence-electron chi connectivity index (χ4n) is 2.24. The van der Waals surface area contributed by atoms with E-state index >= 15 is 0 Å². The van der Waals surface area contributed by atoms with Gasteiger partial charge in [0.2, 0.25) is 0 Å². The van der Waals surface area contributed by atoms with Crippen LogP contribution in [-0.4, -0.2) is 25.7 Å². The van der Waals surface area contributed by atoms with Gasteiger partial charge in [-0.1, -0.05) is 25.5 Å². The summed E-state index contributed by atoms with van der Waals surface area (Å²) in [7, 11) is -3.72. The average molecular weight is 365 g/mol. The van der Waals surface area contributed by atoms with Crippen molar-refractivity contribution in [2.75, 3.05) is 11.0 Å². The van der Waals surface area contributed by atoms with Gasteiger partial charge in [0.15, 0.2) is 0 Å². The Labute approximate surface area is 146 Å². The lowest BCUT2D eigenvalue weighted by Crippen LogP contribution is -2.14. The third-order valence-electron chi connectivity index (χ3n) is 3.47. The van der Waals surface area contributed by atoms with E-state index in [9.17, 15) is 13.2 Å². The maximum atomic E-state index is 12.5. The van der Waals surface area contributed by atoms with Crippen LogP contribution in [0.15, 0.2) is 52.3 Å². The third kappa shape index (κ3) is 4.30. The number of anilines is 1. The summed E-state index contributed by atoms with van der Waals surface area (Å²) in [5.74, 6) is -1.05. The second-order valence-corrected chi connectivity index (χ2v) is 7.75. The van der Waals surface area contributed by atoms with Gasteiger partial charge in [0.05, 0.1) is 16.1 Å². The van der Waals surface area contributed by atoms with Gasteiger partial charge in [-0.15, -0.1) is 11.8 Å². The normalized spacial score (nSPS) is 11.2. The molecule has 24 heavy (non-hydrogen) atoms. The molecule has 7 heteroatoms. The number of aromatic carboxylic acids is 1. The molecule has 0 fully saturated rings. The predicted octanol–water partition coefficient (Wildman–Crippen LogP) is 3.86. The van der Waals surface area contributed by atoms with E-state index in [1.165, 1.54) is 30.0 Å². The minimum atomic E-state index is -3.72. The van der Waals surface area contributed by atoms with Gasteiger partial charge in [-0.05, 0) is 48.6 Å². The molecule has 0 aliphatic rings. The highest BCUT2D eigenvalue weighted by Gasteiger charge is 2.17. The number of sulfonamides is 1. The van der Waals surface area contributed by atoms with Gasteiger partial charge < -0.3 is 5.11 Å². The first-order chi connectivity index (χ1) is 11.4. The van der Waals surface area contributed by atoms with Crippen LogP contribution >= 0.6 is 11.8 Å². The minimum absolute atomic E-state index is 0.117. The summed E-state index contributed by atoms with van der Waals surface area (Å²) in [5.41, 5.74) is 1.57. The standard InChI is InChI=1S/C17H19NO4S2/c1-3-4-12-5-8-14(9-6-12)24(21,22)18-15-10-7-13(17(19)20)11-16(15)23-2/h5-11,18H,3-4H2,1-2H3,(H,19,20). The molecule has 0 radical (unpaired) electrons. The first-order valence-corrected chi connectivity index (χ1v) is 10.1. The molecule has 128 valence electrons. The number of carbonyl (C=O) groups is 1. The first-order valence-electron chi connectivity index (χ1n) is 7.40. The van der Waals surface area contributed by atoms with Crippen molar-refractivity contribution >= 4 is 33.4 Å². The van der Waals surface area contributed by atoms with Gasteiger partial charge in [0.1, 0.15) is 0 Å². The zero-order valence-electron chi connectivity index (χ0n) is 13.4. The Morgan fingerprint density at radius 1 is 1.17 bits per heavy atom. The molecule has 0 aliphatic carbocycles. The summed E-state index contributed by atoms with van der Waals surface area (Å²) in [6.45, 7) is 2.07. The molecule has 0 atom stereocenters. The second kappa shape index (κ2) is 7.72. The van der Waals surface area contributed by atoms with Gasteiger partial charge in [-0.2, -0.15) is 0 Å². The summed E-state index contributed by atoms with van der Waals surface area (Å²) in [4.78, 5) is 11.8. The first kappa shape index (κ1) is 18.4. The summed E-state index contributed by atoms with van der Waals surface area (Å²) >= 11 is 1.28. The molecule has 0 bridgehead atoms. The van der Waals surface area contributed by atoms with Crippen molar-refractivity contribution in [1.29, 1.82) is 0 Å². The van der Waals surface area contributed by atoms with Crippen molar-refractivity contribution in [3.05, 3.63) is 53.6 Å². The molecule has 2 N–H and O–H groups in total. The quantitative estimate of drug-likeness (QED) is 0.728. The van der Waals surface area contributed by atoms with E-state index in [-0.39, 0.29) is 10.5 Å². The fourth-order valence-corrected chi connectivity index (χ4v) is 3.96. The van der Waals surface area contributed by atoms with Crippen LogP contribution < -0.4 is 4.72 Å². The lowest BCUT2D eigenvalue weighted by molar-refractivity contribution is 0.0696. The minimum Gasteiger partial charge on any atom is -0.478 e. The van der Waals surface area contributed by atoms with Crippen LogP contribution in [0.25, 0.3) is 0 Å². The molecule has 0 unspecified atom stereocenters. The number of rotatable bonds is 7. The number of hydrogen-bond acceptors (Lipinski definition) is 4. The topological polar surface area (TPSA) is 83.5 Å². The molecule has 2 aromatic rings. The lowest BCUT2D eigenvalue weighted by atomic mass is 10.1. The van der Waals surface area contributed by atoms with Crippen LogP contribution in [0.3, 0.4) is 0 Å². The van der Waals surface area contributed by atoms with Crippen LogP contribution in [0.5, 0.6) is 0 Å². The summed E-state index contributed by atoms with van der Waals surface area (Å²) in [6.07, 6.45) is 3.66. The highest BCUT2D eigenvalue weighted by molar-refractivity contribution is 7.99. The van der Waals surface area contributed by atoms with Gasteiger partial charge in [-0.3, -0.25) is 4.72 Å². The summed E-state index contributed by atoms with van der Waals surface area (Å²) in [6, 6.07) is 11.1. The van der Waals surface area contributed by atoms with Gasteiger partial charge >= 0.3 is 5.97 Å². The maximum Gasteiger partial charge on any atom is 0.335 e. The van der Waals surface area contributed by atoms with Gasteiger partial charge in [0, 0.05) is 4.90 Å². The molecule has 0 heterocycles. The molecule has 0 amide bonds. The molecule has 0 saturated heterocycles. The lowest BCUT2D eigenvalue weighted by Gasteiger charge is -2.12. The Bertz CT molecular complexity index is 830. The van der Waals surface area contributed by atoms with Crippen molar-refractivity contribution in [2.45, 2.75) is 29.6 Å². The number of benzene rings is 2. The molecule has 0 aliphatic heterocycles. The molecule has 2 aromatic carbocycles. The Morgan fingerprint density at radius 3 is 2.38 bits per heavy atom. The van der Waals surface area contributed by atoms with Crippen molar-refractivity contribution in [3.8, 4) is 0 Å². The van der Waals surface area contributed by atoms with E-state index in [1.54, 1.807) is 30.5 Å². The average Bonchev–Trinajstić information content (AvgIpc) is 2.55. The number of thioether (sulfide) groups is 1. The predicted molar refractivity (Wildman–Crippen MR) is 96.4 cm³/mol. The number of hydrogen-bond donors (Lipinski definition) is 2. The molecule has 0 aromatic heterocycles. The van der Waals surface area contributed by atoms with Crippen LogP contribution in [0.2, 0.25) is 0 Å². The Hall–Kier alpha value is -1.99. The van der Waals surface area contributed by atoms with Crippen LogP contribution in [0, 0.1) is 0 Å². The number of carboxylic acid groups (broad SMARTS) is 1. The molecule has 0 saturated carbocycles. The van der Waals surface area contributed by atoms with Crippen LogP contribution in [-0.2, 0) is 16.4 Å². The highest BCUT2D eigenvalue weighted by atomic mass is 32.2. The maximum absolute atomic E-state index is 12.5. The molecule has 0 spiro atoms. The van der Waals surface area contributed by atoms with Crippen molar-refractivity contribution in [1.82, 2.24) is 0 Å². The van der Waals surface area contributed by atoms with Crippen molar-refractivity contribution in [3.63, 3.8) is 0 Å². The zero-order valence-corrected chi connectivity index (χ0v) is 15.1. The van der Waals surface area contributed by atoms with E-state index in [4.69, 9.17) is 5.11 Å². The number of nitrogens with one attached hydrogen (secondary N) is 1. The SMILES string of the molecule is CCCc1ccc(S(=O)(=O)Nc2ccc(C(=O)O)cc2SC)cc1. The smallest absolute Gasteiger partial charge is 0.335 e. The monoisotopic (exact) mass is 365 g/mol. The Morgan fingerprint density at radius 2 is 1.83 bits per heavy atom. The third-order valence-corrected chi connectivity index (χ3v) is 5.62. The van der Waals surface area contributed by atoms with E-state index in [0.717, 1.165) is 18.4 Å². The number of carboxylic acids is 1. The second-order valence-electron chi connectivity index (χ2n) is 5.22. The molecular weight excluding hydrogens is 346 g/mol. The largest absolute Gasteiger partial charge is 0.478 e. The van der Waals surface area contributed by atoms with Crippen molar-refractivity contribution < 1.29 is 18.3 Å². The molecule has 5 nitrogen and oxygen atoms in total. The Balaban J connectivity index is 2.30. The van der Waals surface area contributed by atoms with Gasteiger partial charge in [-0.25, -0.2) is 13.2 Å². The van der Waals surface area contributed by atoms with E-state index in [1.807, 2.05) is 0 Å². The number of aryl methyl sites for hydroxylation is 1. The van der Waals surface area contributed by atoms with Crippen molar-refractivity contribution in [2.24, 2.45) is 0 Å². The summed E-state index contributed by atoms with van der Waals surface area (Å²) in [5, 5.41) is 9.03. The molecule has 2 rings (SSSR count). The molecular formula is C17H19NO4S2. The van der Waals surface area contributed by atoms with Crippen LogP contribution in [0.4, 0.5) is 5.69 Å². The summed E-state index contributed by atoms with van der Waals surface area (Å²) < 4.78 is 27.6. The van der Waals surface area contributed by atoms with Crippen LogP contribution in [0.1, 0.15) is 29.3 Å². The van der Waals surface area contributed by atoms with E-state index < -0.39 is 16.0 Å².